The summed E-state index contributed by atoms with van der Waals surface area (Å²) in [6, 6.07) is 49.2. The first-order valence-electron chi connectivity index (χ1n) is 19.9. The van der Waals surface area contributed by atoms with Gasteiger partial charge in [0.1, 0.15) is 11.5 Å². The van der Waals surface area contributed by atoms with E-state index in [0.29, 0.717) is 0 Å². The summed E-state index contributed by atoms with van der Waals surface area (Å²) in [5, 5.41) is 0. The van der Waals surface area contributed by atoms with Crippen molar-refractivity contribution in [3.63, 3.8) is 0 Å². The van der Waals surface area contributed by atoms with Crippen molar-refractivity contribution in [1.29, 1.82) is 0 Å². The zero-order chi connectivity index (χ0) is 40.2. The Morgan fingerprint density at radius 3 is 0.786 bits per heavy atom. The molecular weight excluding hydrogens is 701 g/mol. The SMILES string of the molecule is CC(C)(C)c1ccc(N(c2ccc(C(C)(C)C)cc2)c2ccc3c(c2)Oc2cc(N(c4ccc(C(C)(C)C)cc4)c4ccc(C(C)(C)C)cc4)ccc2S3)cc1. The Morgan fingerprint density at radius 2 is 0.554 bits per heavy atom. The Balaban J connectivity index is 1.27. The monoisotopic (exact) mass is 758 g/mol. The van der Waals surface area contributed by atoms with E-state index in [4.69, 9.17) is 4.74 Å². The maximum absolute atomic E-state index is 6.88. The average molecular weight is 759 g/mol. The van der Waals surface area contributed by atoms with Crippen molar-refractivity contribution in [2.24, 2.45) is 0 Å². The van der Waals surface area contributed by atoms with Crippen molar-refractivity contribution in [2.75, 3.05) is 9.80 Å². The number of benzene rings is 6. The fraction of sp³-hybridized carbons (Fsp3) is 0.308. The molecule has 1 heterocycles. The molecule has 0 bridgehead atoms. The normalized spacial score (nSPS) is 13.1. The van der Waals surface area contributed by atoms with E-state index in [1.54, 1.807) is 11.8 Å². The number of anilines is 6. The first-order valence-corrected chi connectivity index (χ1v) is 20.7. The van der Waals surface area contributed by atoms with E-state index in [2.05, 4.69) is 226 Å². The van der Waals surface area contributed by atoms with Gasteiger partial charge in [0.05, 0.1) is 9.79 Å². The molecule has 0 atom stereocenters. The summed E-state index contributed by atoms with van der Waals surface area (Å²) in [6.45, 7) is 27.1. The molecule has 288 valence electrons. The highest BCUT2D eigenvalue weighted by Crippen LogP contribution is 2.51. The van der Waals surface area contributed by atoms with Crippen LogP contribution in [0.2, 0.25) is 0 Å². The molecule has 0 aliphatic carbocycles. The molecule has 56 heavy (non-hydrogen) atoms. The minimum Gasteiger partial charge on any atom is -0.455 e. The van der Waals surface area contributed by atoms with Gasteiger partial charge in [0.2, 0.25) is 0 Å². The van der Waals surface area contributed by atoms with Crippen molar-refractivity contribution < 1.29 is 4.74 Å². The van der Waals surface area contributed by atoms with E-state index >= 15 is 0 Å². The van der Waals surface area contributed by atoms with Crippen LogP contribution < -0.4 is 14.5 Å². The molecule has 0 aromatic heterocycles. The van der Waals surface area contributed by atoms with E-state index in [1.807, 2.05) is 0 Å². The molecule has 0 spiro atoms. The van der Waals surface area contributed by atoms with Gasteiger partial charge in [0, 0.05) is 46.3 Å². The third-order valence-electron chi connectivity index (χ3n) is 10.8. The first-order chi connectivity index (χ1) is 26.3. The Morgan fingerprint density at radius 1 is 0.321 bits per heavy atom. The third kappa shape index (κ3) is 8.27. The van der Waals surface area contributed by atoms with Crippen LogP contribution in [-0.2, 0) is 21.7 Å². The summed E-state index contributed by atoms with van der Waals surface area (Å²) in [4.78, 5) is 6.88. The molecule has 0 fully saturated rings. The van der Waals surface area contributed by atoms with Crippen LogP contribution in [0.1, 0.15) is 105 Å². The smallest absolute Gasteiger partial charge is 0.143 e. The van der Waals surface area contributed by atoms with Gasteiger partial charge in [-0.2, -0.15) is 0 Å². The lowest BCUT2D eigenvalue weighted by molar-refractivity contribution is 0.455. The Hall–Kier alpha value is -4.93. The van der Waals surface area contributed by atoms with Crippen molar-refractivity contribution >= 4 is 45.9 Å². The zero-order valence-corrected chi connectivity index (χ0v) is 36.2. The van der Waals surface area contributed by atoms with Gasteiger partial charge in [-0.3, -0.25) is 0 Å². The molecule has 6 aromatic rings. The molecule has 1 aliphatic heterocycles. The maximum Gasteiger partial charge on any atom is 0.143 e. The van der Waals surface area contributed by atoms with Crippen LogP contribution in [0.4, 0.5) is 34.1 Å². The van der Waals surface area contributed by atoms with Crippen LogP contribution in [0.25, 0.3) is 0 Å². The fourth-order valence-corrected chi connectivity index (χ4v) is 8.08. The predicted octanol–water partition coefficient (Wildman–Crippen LogP) is 16.1. The minimum absolute atomic E-state index is 0.0716. The highest BCUT2D eigenvalue weighted by Gasteiger charge is 2.25. The number of rotatable bonds is 6. The standard InChI is InChI=1S/C52H58N2OS/c1-49(2,3)35-13-21-39(22-14-35)53(40-23-15-36(16-24-40)50(4,5)6)43-29-31-47-45(33-43)55-46-34-44(30-32-48(46)56-47)54(41-25-17-37(18-26-41)51(7,8)9)42-27-19-38(20-28-42)52(10,11)12/h13-34H,1-12H3. The molecule has 6 aromatic carbocycles. The molecule has 0 unspecified atom stereocenters. The second-order valence-electron chi connectivity index (χ2n) is 19.3. The summed E-state index contributed by atoms with van der Waals surface area (Å²) < 4.78 is 6.88. The molecular formula is C52H58N2OS. The Bertz CT molecular complexity index is 2030. The van der Waals surface area contributed by atoms with E-state index in [1.165, 1.54) is 22.3 Å². The van der Waals surface area contributed by atoms with Crippen LogP contribution in [-0.4, -0.2) is 0 Å². The van der Waals surface area contributed by atoms with Crippen LogP contribution in [0, 0.1) is 0 Å². The van der Waals surface area contributed by atoms with Gasteiger partial charge >= 0.3 is 0 Å². The van der Waals surface area contributed by atoms with Crippen LogP contribution in [0.3, 0.4) is 0 Å². The van der Waals surface area contributed by atoms with Crippen molar-refractivity contribution in [1.82, 2.24) is 0 Å². The number of fused-ring (bicyclic) bond motifs is 2. The Kier molecular flexibility index (Phi) is 10.2. The molecule has 0 N–H and O–H groups in total. The molecule has 3 nitrogen and oxygen atoms in total. The van der Waals surface area contributed by atoms with Crippen molar-refractivity contribution in [2.45, 2.75) is 115 Å². The lowest BCUT2D eigenvalue weighted by Gasteiger charge is -2.30. The summed E-state index contributed by atoms with van der Waals surface area (Å²) >= 11 is 1.76. The van der Waals surface area contributed by atoms with E-state index in [9.17, 15) is 0 Å². The Labute approximate surface area is 340 Å². The molecule has 4 heteroatoms. The molecule has 7 rings (SSSR count). The van der Waals surface area contributed by atoms with Gasteiger partial charge in [-0.1, -0.05) is 143 Å². The van der Waals surface area contributed by atoms with Gasteiger partial charge in [0.25, 0.3) is 0 Å². The van der Waals surface area contributed by atoms with E-state index < -0.39 is 0 Å². The summed E-state index contributed by atoms with van der Waals surface area (Å²) in [5.41, 5.74) is 12.1. The highest BCUT2D eigenvalue weighted by atomic mass is 32.2. The minimum atomic E-state index is 0.0716. The summed E-state index contributed by atoms with van der Waals surface area (Å²) in [7, 11) is 0. The molecule has 1 aliphatic rings. The quantitative estimate of drug-likeness (QED) is 0.168. The van der Waals surface area contributed by atoms with Crippen molar-refractivity contribution in [3.05, 3.63) is 156 Å². The van der Waals surface area contributed by atoms with E-state index in [-0.39, 0.29) is 21.7 Å². The van der Waals surface area contributed by atoms with E-state index in [0.717, 1.165) is 55.4 Å². The van der Waals surface area contributed by atoms with Crippen molar-refractivity contribution in [3.8, 4) is 11.5 Å². The number of ether oxygens (including phenoxy) is 1. The molecule has 0 saturated carbocycles. The second kappa shape index (κ2) is 14.5. The second-order valence-corrected chi connectivity index (χ2v) is 20.4. The number of nitrogens with zero attached hydrogens (tertiary/aromatic N) is 2. The number of hydrogen-bond acceptors (Lipinski definition) is 4. The maximum atomic E-state index is 6.88. The average Bonchev–Trinajstić information content (AvgIpc) is 3.13. The van der Waals surface area contributed by atoms with Gasteiger partial charge < -0.3 is 14.5 Å². The predicted molar refractivity (Wildman–Crippen MR) is 241 cm³/mol. The van der Waals surface area contributed by atoms with Gasteiger partial charge in [-0.25, -0.2) is 0 Å². The summed E-state index contributed by atoms with van der Waals surface area (Å²) in [5.74, 6) is 1.71. The topological polar surface area (TPSA) is 15.7 Å². The third-order valence-corrected chi connectivity index (χ3v) is 11.9. The number of hydrogen-bond donors (Lipinski definition) is 0. The lowest BCUT2D eigenvalue weighted by Crippen LogP contribution is -2.15. The van der Waals surface area contributed by atoms with Gasteiger partial charge in [-0.15, -0.1) is 0 Å². The van der Waals surface area contributed by atoms with Gasteiger partial charge in [0.15, 0.2) is 0 Å². The lowest BCUT2D eigenvalue weighted by atomic mass is 9.86. The van der Waals surface area contributed by atoms with Crippen LogP contribution in [0.15, 0.2) is 143 Å². The molecule has 0 radical (unpaired) electrons. The van der Waals surface area contributed by atoms with Crippen LogP contribution in [0.5, 0.6) is 11.5 Å². The first kappa shape index (κ1) is 39.3. The molecule has 0 amide bonds. The largest absolute Gasteiger partial charge is 0.455 e. The highest BCUT2D eigenvalue weighted by molar-refractivity contribution is 7.99. The summed E-state index contributed by atoms with van der Waals surface area (Å²) in [6.07, 6.45) is 0. The van der Waals surface area contributed by atoms with Gasteiger partial charge in [-0.05, 0) is 117 Å². The zero-order valence-electron chi connectivity index (χ0n) is 35.4. The van der Waals surface area contributed by atoms with Crippen LogP contribution >= 0.6 is 11.8 Å². The molecule has 0 saturated heterocycles. The fourth-order valence-electron chi connectivity index (χ4n) is 7.17.